The highest BCUT2D eigenvalue weighted by Gasteiger charge is 2.41. The van der Waals surface area contributed by atoms with E-state index >= 15 is 0 Å². The van der Waals surface area contributed by atoms with Gasteiger partial charge >= 0.3 is 12.1 Å². The second-order valence-electron chi connectivity index (χ2n) is 6.07. The summed E-state index contributed by atoms with van der Waals surface area (Å²) < 4.78 is 10.9. The Morgan fingerprint density at radius 2 is 2.00 bits per heavy atom. The van der Waals surface area contributed by atoms with Gasteiger partial charge in [-0.25, -0.2) is 9.59 Å². The van der Waals surface area contributed by atoms with E-state index in [2.05, 4.69) is 6.92 Å². The van der Waals surface area contributed by atoms with Crippen LogP contribution in [0.2, 0.25) is 0 Å². The Hall–Kier alpha value is -1.30. The molecule has 1 aliphatic heterocycles. The van der Waals surface area contributed by atoms with Crippen LogP contribution in [0.25, 0.3) is 0 Å². The Kier molecular flexibility index (Phi) is 5.80. The third-order valence-electron chi connectivity index (χ3n) is 3.03. The van der Waals surface area contributed by atoms with Crippen molar-refractivity contribution < 1.29 is 24.2 Å². The lowest BCUT2D eigenvalue weighted by atomic mass is 10.2. The van der Waals surface area contributed by atoms with Crippen molar-refractivity contribution >= 4 is 12.1 Å². The standard InChI is InChI=1S/C14H25NO5/c1-5-6-7-19-10-8-11(12(16)17)15(9-10)13(18)20-14(2,3)4/h10-11H,5-9H2,1-4H3,(H,16,17)/t10-,11+/m1/s1. The summed E-state index contributed by atoms with van der Waals surface area (Å²) in [5, 5.41) is 9.22. The number of amides is 1. The van der Waals surface area contributed by atoms with Crippen LogP contribution in [0, 0.1) is 0 Å². The number of nitrogens with zero attached hydrogens (tertiary/aromatic N) is 1. The summed E-state index contributed by atoms with van der Waals surface area (Å²) in [7, 11) is 0. The fourth-order valence-corrected chi connectivity index (χ4v) is 2.07. The van der Waals surface area contributed by atoms with Crippen molar-refractivity contribution in [3.05, 3.63) is 0 Å². The number of likely N-dealkylation sites (tertiary alicyclic amines) is 1. The van der Waals surface area contributed by atoms with E-state index in [-0.39, 0.29) is 12.6 Å². The van der Waals surface area contributed by atoms with Gasteiger partial charge < -0.3 is 14.6 Å². The molecule has 0 aromatic rings. The maximum atomic E-state index is 12.0. The van der Waals surface area contributed by atoms with Crippen LogP contribution in [0.1, 0.15) is 47.0 Å². The second-order valence-corrected chi connectivity index (χ2v) is 6.07. The van der Waals surface area contributed by atoms with Crippen molar-refractivity contribution in [3.8, 4) is 0 Å². The van der Waals surface area contributed by atoms with Crippen molar-refractivity contribution in [1.29, 1.82) is 0 Å². The minimum atomic E-state index is -1.02. The van der Waals surface area contributed by atoms with E-state index < -0.39 is 23.7 Å². The maximum Gasteiger partial charge on any atom is 0.411 e. The first-order valence-electron chi connectivity index (χ1n) is 7.08. The van der Waals surface area contributed by atoms with Gasteiger partial charge in [0.05, 0.1) is 12.6 Å². The van der Waals surface area contributed by atoms with Crippen LogP contribution >= 0.6 is 0 Å². The monoisotopic (exact) mass is 287 g/mol. The predicted molar refractivity (Wildman–Crippen MR) is 73.6 cm³/mol. The molecule has 6 nitrogen and oxygen atoms in total. The van der Waals surface area contributed by atoms with Crippen LogP contribution in [-0.4, -0.2) is 53.0 Å². The fourth-order valence-electron chi connectivity index (χ4n) is 2.07. The van der Waals surface area contributed by atoms with Crippen molar-refractivity contribution in [1.82, 2.24) is 4.90 Å². The first-order chi connectivity index (χ1) is 9.24. The molecule has 0 aromatic heterocycles. The van der Waals surface area contributed by atoms with Gasteiger partial charge in [-0.2, -0.15) is 0 Å². The highest BCUT2D eigenvalue weighted by Crippen LogP contribution is 2.23. The summed E-state index contributed by atoms with van der Waals surface area (Å²) in [6.45, 7) is 8.19. The van der Waals surface area contributed by atoms with Gasteiger partial charge in [0.25, 0.3) is 0 Å². The third-order valence-corrected chi connectivity index (χ3v) is 3.03. The average molecular weight is 287 g/mol. The number of hydrogen-bond donors (Lipinski definition) is 1. The molecule has 1 amide bonds. The SMILES string of the molecule is CCCCO[C@@H]1C[C@@H](C(=O)O)N(C(=O)OC(C)(C)C)C1. The largest absolute Gasteiger partial charge is 0.480 e. The second kappa shape index (κ2) is 6.92. The molecule has 0 radical (unpaired) electrons. The summed E-state index contributed by atoms with van der Waals surface area (Å²) in [5.41, 5.74) is -0.638. The highest BCUT2D eigenvalue weighted by molar-refractivity contribution is 5.81. The summed E-state index contributed by atoms with van der Waals surface area (Å²) in [5.74, 6) is -1.02. The number of carboxylic acids is 1. The van der Waals surface area contributed by atoms with Crippen molar-refractivity contribution in [2.45, 2.75) is 64.7 Å². The van der Waals surface area contributed by atoms with Gasteiger partial charge in [0.15, 0.2) is 0 Å². The number of carboxylic acid groups (broad SMARTS) is 1. The van der Waals surface area contributed by atoms with E-state index in [0.29, 0.717) is 13.0 Å². The van der Waals surface area contributed by atoms with Crippen molar-refractivity contribution in [3.63, 3.8) is 0 Å². The van der Waals surface area contributed by atoms with E-state index in [9.17, 15) is 14.7 Å². The quantitative estimate of drug-likeness (QED) is 0.785. The van der Waals surface area contributed by atoms with E-state index in [1.54, 1.807) is 20.8 Å². The van der Waals surface area contributed by atoms with Gasteiger partial charge in [-0.3, -0.25) is 4.90 Å². The lowest BCUT2D eigenvalue weighted by molar-refractivity contribution is -0.142. The molecule has 1 N–H and O–H groups in total. The van der Waals surface area contributed by atoms with Crippen LogP contribution < -0.4 is 0 Å². The van der Waals surface area contributed by atoms with Crippen molar-refractivity contribution in [2.24, 2.45) is 0 Å². The van der Waals surface area contributed by atoms with Crippen LogP contribution in [0.5, 0.6) is 0 Å². The Bertz CT molecular complexity index is 350. The van der Waals surface area contributed by atoms with Crippen LogP contribution in [0.15, 0.2) is 0 Å². The first-order valence-corrected chi connectivity index (χ1v) is 7.08. The lowest BCUT2D eigenvalue weighted by Crippen LogP contribution is -2.43. The predicted octanol–water partition coefficient (Wildman–Crippen LogP) is 2.27. The molecular weight excluding hydrogens is 262 g/mol. The lowest BCUT2D eigenvalue weighted by Gasteiger charge is -2.26. The molecular formula is C14H25NO5. The number of hydrogen-bond acceptors (Lipinski definition) is 4. The van der Waals surface area contributed by atoms with E-state index in [0.717, 1.165) is 12.8 Å². The topological polar surface area (TPSA) is 76.1 Å². The van der Waals surface area contributed by atoms with E-state index in [1.165, 1.54) is 4.90 Å². The fraction of sp³-hybridized carbons (Fsp3) is 0.857. The number of unbranched alkanes of at least 4 members (excludes halogenated alkanes) is 1. The molecule has 20 heavy (non-hydrogen) atoms. The Balaban J connectivity index is 2.63. The molecule has 1 heterocycles. The Labute approximate surface area is 120 Å². The van der Waals surface area contributed by atoms with Crippen LogP contribution in [0.4, 0.5) is 4.79 Å². The molecule has 0 saturated carbocycles. The highest BCUT2D eigenvalue weighted by atomic mass is 16.6. The molecule has 0 bridgehead atoms. The third kappa shape index (κ3) is 5.00. The molecule has 1 aliphatic rings. The molecule has 116 valence electrons. The van der Waals surface area contributed by atoms with Gasteiger partial charge in [0.2, 0.25) is 0 Å². The number of carbonyl (C=O) groups is 2. The van der Waals surface area contributed by atoms with Gasteiger partial charge in [0, 0.05) is 13.0 Å². The van der Waals surface area contributed by atoms with Crippen LogP contribution in [0.3, 0.4) is 0 Å². The van der Waals surface area contributed by atoms with E-state index in [1.807, 2.05) is 0 Å². The van der Waals surface area contributed by atoms with Crippen LogP contribution in [-0.2, 0) is 14.3 Å². The number of aliphatic carboxylic acids is 1. The zero-order valence-electron chi connectivity index (χ0n) is 12.7. The summed E-state index contributed by atoms with van der Waals surface area (Å²) in [6, 6.07) is -0.864. The van der Waals surface area contributed by atoms with Gasteiger partial charge in [0.1, 0.15) is 11.6 Å². The molecule has 2 atom stereocenters. The molecule has 0 aromatic carbocycles. The molecule has 0 aliphatic carbocycles. The summed E-state index contributed by atoms with van der Waals surface area (Å²) in [4.78, 5) is 24.5. The molecule has 6 heteroatoms. The van der Waals surface area contributed by atoms with Gasteiger partial charge in [-0.15, -0.1) is 0 Å². The molecule has 1 saturated heterocycles. The number of ether oxygens (including phenoxy) is 2. The Morgan fingerprint density at radius 1 is 1.35 bits per heavy atom. The normalized spacial score (nSPS) is 22.9. The minimum absolute atomic E-state index is 0.227. The molecule has 0 spiro atoms. The summed E-state index contributed by atoms with van der Waals surface area (Å²) >= 11 is 0. The first kappa shape index (κ1) is 16.8. The molecule has 0 unspecified atom stereocenters. The summed E-state index contributed by atoms with van der Waals surface area (Å²) in [6.07, 6.45) is 1.45. The number of rotatable bonds is 5. The zero-order chi connectivity index (χ0) is 15.3. The molecule has 1 fully saturated rings. The Morgan fingerprint density at radius 3 is 2.50 bits per heavy atom. The van der Waals surface area contributed by atoms with Gasteiger partial charge in [-0.1, -0.05) is 13.3 Å². The smallest absolute Gasteiger partial charge is 0.411 e. The maximum absolute atomic E-state index is 12.0. The van der Waals surface area contributed by atoms with E-state index in [4.69, 9.17) is 9.47 Å². The average Bonchev–Trinajstić information content (AvgIpc) is 2.71. The number of carbonyl (C=O) groups excluding carboxylic acids is 1. The van der Waals surface area contributed by atoms with Gasteiger partial charge in [-0.05, 0) is 27.2 Å². The molecule has 1 rings (SSSR count). The van der Waals surface area contributed by atoms with Crippen molar-refractivity contribution in [2.75, 3.05) is 13.2 Å². The minimum Gasteiger partial charge on any atom is -0.480 e. The zero-order valence-corrected chi connectivity index (χ0v) is 12.7.